The second kappa shape index (κ2) is 3.17. The van der Waals surface area contributed by atoms with Crippen LogP contribution >= 0.6 is 0 Å². The van der Waals surface area contributed by atoms with Crippen LogP contribution in [0.3, 0.4) is 0 Å². The molecule has 3 nitrogen and oxygen atoms in total. The number of ether oxygens (including phenoxy) is 2. The van der Waals surface area contributed by atoms with Gasteiger partial charge in [-0.2, -0.15) is 0 Å². The van der Waals surface area contributed by atoms with Gasteiger partial charge < -0.3 is 14.6 Å². The van der Waals surface area contributed by atoms with Gasteiger partial charge in [0.05, 0.1) is 7.11 Å². The molecule has 1 aliphatic heterocycles. The molecule has 0 amide bonds. The Balaban J connectivity index is 2.44. The summed E-state index contributed by atoms with van der Waals surface area (Å²) < 4.78 is 10.6. The van der Waals surface area contributed by atoms with Crippen LogP contribution in [0.1, 0.15) is 5.56 Å². The van der Waals surface area contributed by atoms with Gasteiger partial charge in [-0.3, -0.25) is 0 Å². The van der Waals surface area contributed by atoms with Crippen molar-refractivity contribution in [3.8, 4) is 11.5 Å². The lowest BCUT2D eigenvalue weighted by Crippen LogP contribution is -2.00. The molecule has 0 saturated heterocycles. The van der Waals surface area contributed by atoms with Crippen LogP contribution in [0.25, 0.3) is 16.8 Å². The molecule has 0 bridgehead atoms. The Morgan fingerprint density at radius 3 is 2.88 bits per heavy atom. The Morgan fingerprint density at radius 2 is 2.06 bits per heavy atom. The topological polar surface area (TPSA) is 38.7 Å². The van der Waals surface area contributed by atoms with E-state index in [0.717, 1.165) is 22.1 Å². The molecule has 2 aromatic rings. The Kier molecular flexibility index (Phi) is 1.80. The van der Waals surface area contributed by atoms with Crippen LogP contribution in [0.15, 0.2) is 36.3 Å². The number of aliphatic hydroxyl groups excluding tert-OH is 1. The highest BCUT2D eigenvalue weighted by atomic mass is 16.6. The lowest BCUT2D eigenvalue weighted by atomic mass is 10.0. The van der Waals surface area contributed by atoms with E-state index in [1.54, 1.807) is 13.2 Å². The summed E-state index contributed by atoms with van der Waals surface area (Å²) in [7, 11) is 1.64. The molecule has 0 radical (unpaired) electrons. The maximum Gasteiger partial charge on any atom is 0.282 e. The van der Waals surface area contributed by atoms with Crippen LogP contribution < -0.4 is 9.47 Å². The molecule has 0 aromatic heterocycles. The summed E-state index contributed by atoms with van der Waals surface area (Å²) in [5, 5.41) is 11.4. The summed E-state index contributed by atoms with van der Waals surface area (Å²) >= 11 is 0. The van der Waals surface area contributed by atoms with Gasteiger partial charge in [0.1, 0.15) is 11.5 Å². The third-order valence-electron chi connectivity index (χ3n) is 2.71. The van der Waals surface area contributed by atoms with Gasteiger partial charge in [0.2, 0.25) is 0 Å². The monoisotopic (exact) mass is 214 g/mol. The van der Waals surface area contributed by atoms with Crippen LogP contribution in [0.2, 0.25) is 0 Å². The van der Waals surface area contributed by atoms with Crippen molar-refractivity contribution in [2.75, 3.05) is 7.11 Å². The third-order valence-corrected chi connectivity index (χ3v) is 2.71. The van der Waals surface area contributed by atoms with E-state index < -0.39 is 0 Å². The molecule has 1 N–H and O–H groups in total. The van der Waals surface area contributed by atoms with Gasteiger partial charge in [-0.15, -0.1) is 0 Å². The number of methoxy groups -OCH3 is 1. The Hall–Kier alpha value is -2.16. The second-order valence-electron chi connectivity index (χ2n) is 3.62. The molecule has 3 heteroatoms. The van der Waals surface area contributed by atoms with Crippen molar-refractivity contribution >= 4 is 16.8 Å². The number of aliphatic hydroxyl groups is 1. The van der Waals surface area contributed by atoms with Gasteiger partial charge in [0.15, 0.2) is 0 Å². The summed E-state index contributed by atoms with van der Waals surface area (Å²) in [5.41, 5.74) is 0.940. The van der Waals surface area contributed by atoms with E-state index in [9.17, 15) is 5.11 Å². The maximum atomic E-state index is 9.44. The molecule has 1 aliphatic rings. The maximum absolute atomic E-state index is 9.44. The Bertz CT molecular complexity index is 599. The number of rotatable bonds is 1. The fourth-order valence-corrected chi connectivity index (χ4v) is 2.03. The Morgan fingerprint density at radius 1 is 1.19 bits per heavy atom. The van der Waals surface area contributed by atoms with Crippen molar-refractivity contribution in [3.05, 3.63) is 41.8 Å². The van der Waals surface area contributed by atoms with Crippen molar-refractivity contribution in [1.29, 1.82) is 0 Å². The fourth-order valence-electron chi connectivity index (χ4n) is 2.03. The van der Waals surface area contributed by atoms with E-state index in [1.807, 2.05) is 30.3 Å². The van der Waals surface area contributed by atoms with Gasteiger partial charge in [-0.1, -0.05) is 18.2 Å². The summed E-state index contributed by atoms with van der Waals surface area (Å²) in [6, 6.07) is 9.47. The average molecular weight is 214 g/mol. The first-order valence-corrected chi connectivity index (χ1v) is 4.98. The molecule has 0 fully saturated rings. The van der Waals surface area contributed by atoms with Crippen molar-refractivity contribution in [2.45, 2.75) is 0 Å². The first-order chi connectivity index (χ1) is 7.79. The van der Waals surface area contributed by atoms with Crippen molar-refractivity contribution in [1.82, 2.24) is 0 Å². The van der Waals surface area contributed by atoms with Gasteiger partial charge in [0.25, 0.3) is 5.95 Å². The van der Waals surface area contributed by atoms with E-state index in [0.29, 0.717) is 5.75 Å². The molecule has 3 rings (SSSR count). The highest BCUT2D eigenvalue weighted by Gasteiger charge is 2.16. The molecule has 2 aromatic carbocycles. The van der Waals surface area contributed by atoms with Crippen LogP contribution in [-0.2, 0) is 0 Å². The Labute approximate surface area is 92.5 Å². The minimum atomic E-state index is -0.0785. The molecule has 1 heterocycles. The van der Waals surface area contributed by atoms with E-state index in [-0.39, 0.29) is 5.95 Å². The van der Waals surface area contributed by atoms with Gasteiger partial charge in [0, 0.05) is 16.8 Å². The van der Waals surface area contributed by atoms with Gasteiger partial charge in [-0.05, 0) is 17.7 Å². The van der Waals surface area contributed by atoms with Crippen LogP contribution in [0, 0.1) is 0 Å². The lowest BCUT2D eigenvalue weighted by Gasteiger charge is -2.16. The second-order valence-corrected chi connectivity index (χ2v) is 3.62. The van der Waals surface area contributed by atoms with Gasteiger partial charge >= 0.3 is 0 Å². The van der Waals surface area contributed by atoms with E-state index in [2.05, 4.69) is 0 Å². The highest BCUT2D eigenvalue weighted by molar-refractivity contribution is 6.00. The van der Waals surface area contributed by atoms with Crippen molar-refractivity contribution in [2.24, 2.45) is 0 Å². The lowest BCUT2D eigenvalue weighted by molar-refractivity contribution is 0.214. The van der Waals surface area contributed by atoms with Crippen molar-refractivity contribution in [3.63, 3.8) is 0 Å². The minimum Gasteiger partial charge on any atom is -0.496 e. The van der Waals surface area contributed by atoms with Crippen LogP contribution in [0.5, 0.6) is 11.5 Å². The van der Waals surface area contributed by atoms with Gasteiger partial charge in [-0.25, -0.2) is 0 Å². The summed E-state index contributed by atoms with van der Waals surface area (Å²) in [5.74, 6) is 1.38. The largest absolute Gasteiger partial charge is 0.496 e. The predicted octanol–water partition coefficient (Wildman–Crippen LogP) is 3.10. The highest BCUT2D eigenvalue weighted by Crippen LogP contribution is 2.38. The molecule has 0 saturated carbocycles. The zero-order valence-electron chi connectivity index (χ0n) is 8.73. The standard InChI is InChI=1S/C13H10O3/c1-15-10-6-5-8-7-12(14)16-11-4-2-3-9(10)13(8)11/h2-7,14H,1H3. The molecule has 0 spiro atoms. The minimum absolute atomic E-state index is 0.0785. The number of benzene rings is 2. The smallest absolute Gasteiger partial charge is 0.282 e. The quantitative estimate of drug-likeness (QED) is 0.792. The van der Waals surface area contributed by atoms with E-state index in [4.69, 9.17) is 9.47 Å². The summed E-state index contributed by atoms with van der Waals surface area (Å²) in [6.45, 7) is 0. The molecular weight excluding hydrogens is 204 g/mol. The average Bonchev–Trinajstić information content (AvgIpc) is 2.29. The van der Waals surface area contributed by atoms with Crippen LogP contribution in [0.4, 0.5) is 0 Å². The van der Waals surface area contributed by atoms with Crippen LogP contribution in [-0.4, -0.2) is 12.2 Å². The summed E-state index contributed by atoms with van der Waals surface area (Å²) in [6.07, 6.45) is 1.61. The molecule has 0 unspecified atom stereocenters. The molecular formula is C13H10O3. The molecule has 80 valence electrons. The molecule has 0 atom stereocenters. The van der Waals surface area contributed by atoms with Crippen molar-refractivity contribution < 1.29 is 14.6 Å². The first-order valence-electron chi connectivity index (χ1n) is 4.98. The predicted molar refractivity (Wildman–Crippen MR) is 61.7 cm³/mol. The number of hydrogen-bond acceptors (Lipinski definition) is 3. The molecule has 0 aliphatic carbocycles. The zero-order chi connectivity index (χ0) is 11.1. The normalized spacial score (nSPS) is 13.2. The number of hydrogen-bond donors (Lipinski definition) is 1. The first kappa shape index (κ1) is 9.09. The SMILES string of the molecule is COc1ccc2c3c(cccc13)OC(O)=C2. The molecule has 16 heavy (non-hydrogen) atoms. The zero-order valence-corrected chi connectivity index (χ0v) is 8.73. The van der Waals surface area contributed by atoms with E-state index in [1.165, 1.54) is 0 Å². The summed E-state index contributed by atoms with van der Waals surface area (Å²) in [4.78, 5) is 0. The fraction of sp³-hybridized carbons (Fsp3) is 0.0769. The van der Waals surface area contributed by atoms with E-state index >= 15 is 0 Å². The third kappa shape index (κ3) is 1.15.